The number of Topliss-reactive ketones (excluding diaryl/α,β-unsaturated/α-hetero) is 1. The molecule has 2 nitrogen and oxygen atoms in total. The smallest absolute Gasteiger partial charge is 0.253 e. The molecule has 6 heteroatoms. The molecule has 0 unspecified atom stereocenters. The maximum atomic E-state index is 12.8. The zero-order valence-corrected chi connectivity index (χ0v) is 9.00. The first-order valence-corrected chi connectivity index (χ1v) is 4.62. The van der Waals surface area contributed by atoms with Crippen molar-refractivity contribution in [1.29, 1.82) is 0 Å². The molecule has 0 saturated carbocycles. The molecule has 0 atom stereocenters. The molecule has 14 heavy (non-hydrogen) atoms. The summed E-state index contributed by atoms with van der Waals surface area (Å²) in [5, 5.41) is 0. The predicted molar refractivity (Wildman–Crippen MR) is 55.4 cm³/mol. The van der Waals surface area contributed by atoms with E-state index < -0.39 is 15.4 Å². The van der Waals surface area contributed by atoms with Gasteiger partial charge in [0.15, 0.2) is 0 Å². The van der Waals surface area contributed by atoms with Gasteiger partial charge in [0, 0.05) is 11.3 Å². The van der Waals surface area contributed by atoms with E-state index in [0.717, 1.165) is 12.1 Å². The van der Waals surface area contributed by atoms with Gasteiger partial charge in [0.2, 0.25) is 5.78 Å². The Balaban J connectivity index is 3.19. The van der Waals surface area contributed by atoms with Gasteiger partial charge in [0.1, 0.15) is 5.82 Å². The van der Waals surface area contributed by atoms with Crippen molar-refractivity contribution < 1.29 is 9.18 Å². The quantitative estimate of drug-likeness (QED) is 0.477. The molecule has 0 bridgehead atoms. The first kappa shape index (κ1) is 11.6. The largest absolute Gasteiger partial charge is 0.398 e. The van der Waals surface area contributed by atoms with E-state index in [1.807, 2.05) is 0 Å². The molecule has 0 saturated heterocycles. The topological polar surface area (TPSA) is 43.1 Å². The van der Waals surface area contributed by atoms with Gasteiger partial charge < -0.3 is 5.73 Å². The molecule has 0 aliphatic rings. The van der Waals surface area contributed by atoms with Crippen molar-refractivity contribution in [3.63, 3.8) is 0 Å². The number of hydrogen-bond acceptors (Lipinski definition) is 2. The molecule has 0 spiro atoms. The van der Waals surface area contributed by atoms with Crippen molar-refractivity contribution in [1.82, 2.24) is 0 Å². The van der Waals surface area contributed by atoms with Crippen molar-refractivity contribution in [2.45, 2.75) is 3.79 Å². The Morgan fingerprint density at radius 3 is 2.43 bits per heavy atom. The van der Waals surface area contributed by atoms with E-state index in [4.69, 9.17) is 40.5 Å². The zero-order valence-electron chi connectivity index (χ0n) is 6.73. The number of nitrogen functional groups attached to an aromatic ring is 1. The SMILES string of the molecule is Nc1ccc(F)cc1C(=O)C(Cl)(Cl)Cl. The summed E-state index contributed by atoms with van der Waals surface area (Å²) in [5.74, 6) is -1.46. The third-order valence-corrected chi connectivity index (χ3v) is 2.03. The maximum Gasteiger partial charge on any atom is 0.253 e. The molecular formula is C8H5Cl3FNO. The second-order valence-corrected chi connectivity index (χ2v) is 4.84. The lowest BCUT2D eigenvalue weighted by atomic mass is 10.1. The van der Waals surface area contributed by atoms with Gasteiger partial charge in [-0.15, -0.1) is 0 Å². The highest BCUT2D eigenvalue weighted by atomic mass is 35.6. The van der Waals surface area contributed by atoms with Crippen LogP contribution >= 0.6 is 34.8 Å². The Hall–Kier alpha value is -0.510. The number of ketones is 1. The second kappa shape index (κ2) is 3.93. The van der Waals surface area contributed by atoms with Gasteiger partial charge in [-0.2, -0.15) is 0 Å². The van der Waals surface area contributed by atoms with Crippen LogP contribution in [0.1, 0.15) is 10.4 Å². The number of benzene rings is 1. The van der Waals surface area contributed by atoms with Crippen LogP contribution in [0.5, 0.6) is 0 Å². The van der Waals surface area contributed by atoms with E-state index >= 15 is 0 Å². The van der Waals surface area contributed by atoms with E-state index in [0.29, 0.717) is 0 Å². The van der Waals surface area contributed by atoms with Gasteiger partial charge in [-0.1, -0.05) is 34.8 Å². The third kappa shape index (κ3) is 2.50. The predicted octanol–water partition coefficient (Wildman–Crippen LogP) is 2.96. The van der Waals surface area contributed by atoms with E-state index in [9.17, 15) is 9.18 Å². The summed E-state index contributed by atoms with van der Waals surface area (Å²) in [4.78, 5) is 11.4. The monoisotopic (exact) mass is 255 g/mol. The Bertz CT molecular complexity index is 375. The lowest BCUT2D eigenvalue weighted by Crippen LogP contribution is -2.20. The molecule has 2 N–H and O–H groups in total. The van der Waals surface area contributed by atoms with Crippen molar-refractivity contribution >= 4 is 46.3 Å². The lowest BCUT2D eigenvalue weighted by molar-refractivity contribution is 0.0997. The number of carbonyl (C=O) groups excluding carboxylic acids is 1. The standard InChI is InChI=1S/C8H5Cl3FNO/c9-8(10,11)7(14)5-3-4(12)1-2-6(5)13/h1-3H,13H2. The highest BCUT2D eigenvalue weighted by Gasteiger charge is 2.33. The fourth-order valence-corrected chi connectivity index (χ4v) is 1.18. The molecule has 1 aromatic carbocycles. The highest BCUT2D eigenvalue weighted by molar-refractivity contribution is 6.77. The summed E-state index contributed by atoms with van der Waals surface area (Å²) in [6.07, 6.45) is 0. The summed E-state index contributed by atoms with van der Waals surface area (Å²) in [7, 11) is 0. The molecule has 1 aromatic rings. The summed E-state index contributed by atoms with van der Waals surface area (Å²) < 4.78 is 10.6. The summed E-state index contributed by atoms with van der Waals surface area (Å²) >= 11 is 16.0. The molecular weight excluding hydrogens is 251 g/mol. The van der Waals surface area contributed by atoms with Gasteiger partial charge in [0.25, 0.3) is 3.79 Å². The summed E-state index contributed by atoms with van der Waals surface area (Å²) in [6, 6.07) is 3.28. The molecule has 0 fully saturated rings. The van der Waals surface area contributed by atoms with Crippen molar-refractivity contribution in [3.05, 3.63) is 29.6 Å². The maximum absolute atomic E-state index is 12.8. The van der Waals surface area contributed by atoms with Crippen LogP contribution in [-0.2, 0) is 0 Å². The summed E-state index contributed by atoms with van der Waals surface area (Å²) in [5.41, 5.74) is 5.36. The number of carbonyl (C=O) groups is 1. The van der Waals surface area contributed by atoms with Crippen LogP contribution in [0.3, 0.4) is 0 Å². The number of nitrogens with two attached hydrogens (primary N) is 1. The van der Waals surface area contributed by atoms with Crippen LogP contribution in [0.15, 0.2) is 18.2 Å². The number of alkyl halides is 3. The normalized spacial score (nSPS) is 11.4. The zero-order chi connectivity index (χ0) is 10.9. The molecule has 0 aromatic heterocycles. The average molecular weight is 256 g/mol. The first-order valence-electron chi connectivity index (χ1n) is 3.49. The Labute approximate surface area is 94.7 Å². The molecule has 76 valence electrons. The lowest BCUT2D eigenvalue weighted by Gasteiger charge is -2.11. The van der Waals surface area contributed by atoms with Crippen LogP contribution in [0, 0.1) is 5.82 Å². The van der Waals surface area contributed by atoms with Crippen LogP contribution in [0.2, 0.25) is 0 Å². The first-order chi connectivity index (χ1) is 6.32. The number of rotatable bonds is 1. The highest BCUT2D eigenvalue weighted by Crippen LogP contribution is 2.32. The van der Waals surface area contributed by atoms with Gasteiger partial charge in [0.05, 0.1) is 0 Å². The Morgan fingerprint density at radius 1 is 1.36 bits per heavy atom. The van der Waals surface area contributed by atoms with Crippen LogP contribution in [-0.4, -0.2) is 9.58 Å². The summed E-state index contributed by atoms with van der Waals surface area (Å²) in [6.45, 7) is 0. The molecule has 1 rings (SSSR count). The fraction of sp³-hybridized carbons (Fsp3) is 0.125. The van der Waals surface area contributed by atoms with Gasteiger partial charge in [-0.05, 0) is 18.2 Å². The third-order valence-electron chi connectivity index (χ3n) is 1.52. The number of hydrogen-bond donors (Lipinski definition) is 1. The molecule has 0 aliphatic carbocycles. The molecule has 0 amide bonds. The van der Waals surface area contributed by atoms with Crippen molar-refractivity contribution in [2.75, 3.05) is 5.73 Å². The Morgan fingerprint density at radius 2 is 1.93 bits per heavy atom. The fourth-order valence-electron chi connectivity index (χ4n) is 0.878. The molecule has 0 heterocycles. The number of anilines is 1. The van der Waals surface area contributed by atoms with E-state index in [2.05, 4.69) is 0 Å². The van der Waals surface area contributed by atoms with Crippen molar-refractivity contribution in [3.8, 4) is 0 Å². The minimum absolute atomic E-state index is 0.0720. The molecule has 0 radical (unpaired) electrons. The number of halogens is 4. The van der Waals surface area contributed by atoms with E-state index in [1.165, 1.54) is 6.07 Å². The van der Waals surface area contributed by atoms with E-state index in [-0.39, 0.29) is 11.3 Å². The minimum Gasteiger partial charge on any atom is -0.398 e. The van der Waals surface area contributed by atoms with E-state index in [1.54, 1.807) is 0 Å². The van der Waals surface area contributed by atoms with Crippen molar-refractivity contribution in [2.24, 2.45) is 0 Å². The second-order valence-electron chi connectivity index (χ2n) is 2.56. The van der Waals surface area contributed by atoms with Gasteiger partial charge in [-0.3, -0.25) is 4.79 Å². The Kier molecular flexibility index (Phi) is 3.24. The van der Waals surface area contributed by atoms with Crippen LogP contribution in [0.4, 0.5) is 10.1 Å². The van der Waals surface area contributed by atoms with Crippen LogP contribution in [0.25, 0.3) is 0 Å². The van der Waals surface area contributed by atoms with Gasteiger partial charge in [-0.25, -0.2) is 4.39 Å². The average Bonchev–Trinajstić information content (AvgIpc) is 2.06. The van der Waals surface area contributed by atoms with Crippen LogP contribution < -0.4 is 5.73 Å². The minimum atomic E-state index is -2.12. The van der Waals surface area contributed by atoms with Gasteiger partial charge >= 0.3 is 0 Å². The molecule has 0 aliphatic heterocycles.